The van der Waals surface area contributed by atoms with Gasteiger partial charge in [0.25, 0.3) is 0 Å². The summed E-state index contributed by atoms with van der Waals surface area (Å²) in [4.78, 5) is 0.263. The molecule has 82 valence electrons. The van der Waals surface area contributed by atoms with Gasteiger partial charge >= 0.3 is 0 Å². The van der Waals surface area contributed by atoms with Gasteiger partial charge in [-0.25, -0.2) is 0 Å². The van der Waals surface area contributed by atoms with Crippen molar-refractivity contribution in [2.75, 3.05) is 0 Å². The van der Waals surface area contributed by atoms with E-state index < -0.39 is 11.2 Å². The first-order valence-corrected chi connectivity index (χ1v) is 7.01. The van der Waals surface area contributed by atoms with Gasteiger partial charge in [-0.05, 0) is 48.9 Å². The smallest absolute Gasteiger partial charge is 0.0867 e. The molecule has 0 heterocycles. The van der Waals surface area contributed by atoms with E-state index in [1.54, 1.807) is 0 Å². The van der Waals surface area contributed by atoms with Crippen LogP contribution in [0.2, 0.25) is 0 Å². The lowest BCUT2D eigenvalue weighted by Crippen LogP contribution is -2.47. The highest BCUT2D eigenvalue weighted by Gasteiger charge is 2.91. The summed E-state index contributed by atoms with van der Waals surface area (Å²) in [6.07, 6.45) is 1.28. The van der Waals surface area contributed by atoms with E-state index in [1.165, 1.54) is 6.42 Å². The molecule has 6 rings (SSSR count). The van der Waals surface area contributed by atoms with Crippen LogP contribution < -0.4 is 0 Å². The van der Waals surface area contributed by atoms with Crippen molar-refractivity contribution in [3.05, 3.63) is 0 Å². The van der Waals surface area contributed by atoms with Crippen molar-refractivity contribution in [2.24, 2.45) is 41.4 Å². The predicted octanol–water partition coefficient (Wildman–Crippen LogP) is 1.00. The van der Waals surface area contributed by atoms with Gasteiger partial charge in [0, 0.05) is 10.7 Å². The maximum atomic E-state index is 10.9. The lowest BCUT2D eigenvalue weighted by Gasteiger charge is -2.38. The van der Waals surface area contributed by atoms with Gasteiger partial charge in [-0.1, -0.05) is 15.9 Å². The van der Waals surface area contributed by atoms with Gasteiger partial charge < -0.3 is 10.2 Å². The third kappa shape index (κ3) is 0.502. The van der Waals surface area contributed by atoms with Crippen molar-refractivity contribution in [3.63, 3.8) is 0 Å². The molecule has 15 heavy (non-hydrogen) atoms. The second-order valence-electron chi connectivity index (χ2n) is 6.76. The summed E-state index contributed by atoms with van der Waals surface area (Å²) in [7, 11) is 0. The Balaban J connectivity index is 1.88. The van der Waals surface area contributed by atoms with E-state index in [1.807, 2.05) is 6.92 Å². The third-order valence-electron chi connectivity index (χ3n) is 6.79. The van der Waals surface area contributed by atoms with E-state index >= 15 is 0 Å². The Bertz CT molecular complexity index is 393. The molecule has 10 atom stereocenters. The first kappa shape index (κ1) is 8.48. The first-order valence-electron chi connectivity index (χ1n) is 6.09. The zero-order chi connectivity index (χ0) is 10.3. The highest BCUT2D eigenvalue weighted by Crippen LogP contribution is 2.87. The minimum atomic E-state index is -0.583. The van der Waals surface area contributed by atoms with Gasteiger partial charge in [0.05, 0.1) is 11.2 Å². The normalized spacial score (nSPS) is 85.6. The third-order valence-corrected chi connectivity index (χ3v) is 8.13. The van der Waals surface area contributed by atoms with E-state index in [0.717, 1.165) is 5.92 Å². The first-order chi connectivity index (χ1) is 7.00. The van der Waals surface area contributed by atoms with Crippen molar-refractivity contribution < 1.29 is 10.2 Å². The second kappa shape index (κ2) is 1.85. The van der Waals surface area contributed by atoms with Crippen LogP contribution in [-0.2, 0) is 0 Å². The molecule has 3 heteroatoms. The molecule has 6 saturated carbocycles. The molecule has 0 aliphatic heterocycles. The SMILES string of the molecule is C[C@@]1(O)[C@H]2[C@H]3C[C@H]4[C@H]5[C@@H]3[C@H]1[C@](O)([C@H]42)[C@@H]5Br. The second-order valence-corrected chi connectivity index (χ2v) is 7.75. The molecule has 2 nitrogen and oxygen atoms in total. The molecule has 0 aromatic carbocycles. The van der Waals surface area contributed by atoms with E-state index in [2.05, 4.69) is 15.9 Å². The van der Waals surface area contributed by atoms with E-state index in [9.17, 15) is 10.2 Å². The molecule has 0 unspecified atom stereocenters. The maximum Gasteiger partial charge on any atom is 0.0867 e. The molecule has 6 fully saturated rings. The van der Waals surface area contributed by atoms with Crippen molar-refractivity contribution in [1.82, 2.24) is 0 Å². The fourth-order valence-corrected chi connectivity index (χ4v) is 8.39. The monoisotopic (exact) mass is 270 g/mol. The Labute approximate surface area is 97.2 Å². The summed E-state index contributed by atoms with van der Waals surface area (Å²) < 4.78 is 0. The summed E-state index contributed by atoms with van der Waals surface area (Å²) >= 11 is 3.73. The number of rotatable bonds is 0. The van der Waals surface area contributed by atoms with E-state index in [4.69, 9.17) is 0 Å². The van der Waals surface area contributed by atoms with Crippen molar-refractivity contribution in [1.29, 1.82) is 0 Å². The Morgan fingerprint density at radius 1 is 1.13 bits per heavy atom. The van der Waals surface area contributed by atoms with Crippen LogP contribution in [0.25, 0.3) is 0 Å². The van der Waals surface area contributed by atoms with Crippen molar-refractivity contribution in [3.8, 4) is 0 Å². The van der Waals surface area contributed by atoms with Crippen LogP contribution in [0.3, 0.4) is 0 Å². The van der Waals surface area contributed by atoms with Gasteiger partial charge in [0.2, 0.25) is 0 Å². The number of aliphatic hydroxyl groups is 2. The maximum absolute atomic E-state index is 10.9. The lowest BCUT2D eigenvalue weighted by molar-refractivity contribution is -0.0700. The molecule has 6 aliphatic carbocycles. The number of hydrogen-bond acceptors (Lipinski definition) is 2. The largest absolute Gasteiger partial charge is 0.389 e. The molecular weight excluding hydrogens is 256 g/mol. The topological polar surface area (TPSA) is 40.5 Å². The highest BCUT2D eigenvalue weighted by atomic mass is 79.9. The van der Waals surface area contributed by atoms with Crippen LogP contribution in [0, 0.1) is 41.4 Å². The standard InChI is InChI=1S/C12H15BrO2/c1-11(14)7-3-2-4-6-5(3)9(11)12(15,8(4)7)10(6)13/h3-10,14-15H,2H2,1H3/t3-,4-,5+,6-,7-,8+,9+,10+,11+,12+/m0/s1. The van der Waals surface area contributed by atoms with Crippen molar-refractivity contribution in [2.45, 2.75) is 29.4 Å². The summed E-state index contributed by atoms with van der Waals surface area (Å²) in [6.45, 7) is 1.98. The van der Waals surface area contributed by atoms with E-state index in [0.29, 0.717) is 29.6 Å². The quantitative estimate of drug-likeness (QED) is 0.645. The summed E-state index contributed by atoms with van der Waals surface area (Å²) in [6, 6.07) is 0. The molecule has 0 spiro atoms. The number of alkyl halides is 1. The van der Waals surface area contributed by atoms with Crippen LogP contribution in [0.4, 0.5) is 0 Å². The number of halogens is 1. The minimum absolute atomic E-state index is 0.165. The Hall–Kier alpha value is 0.400. The van der Waals surface area contributed by atoms with Gasteiger partial charge in [-0.15, -0.1) is 0 Å². The number of hydrogen-bond donors (Lipinski definition) is 2. The Morgan fingerprint density at radius 3 is 2.47 bits per heavy atom. The van der Waals surface area contributed by atoms with E-state index in [-0.39, 0.29) is 10.7 Å². The molecule has 0 saturated heterocycles. The summed E-state index contributed by atoms with van der Waals surface area (Å²) in [5.74, 6) is 3.70. The molecule has 0 aromatic rings. The lowest BCUT2D eigenvalue weighted by atomic mass is 9.69. The highest BCUT2D eigenvalue weighted by molar-refractivity contribution is 9.09. The van der Waals surface area contributed by atoms with Gasteiger partial charge in [-0.2, -0.15) is 0 Å². The van der Waals surface area contributed by atoms with Crippen LogP contribution in [0.1, 0.15) is 13.3 Å². The molecule has 0 radical (unpaired) electrons. The Kier molecular flexibility index (Phi) is 1.05. The van der Waals surface area contributed by atoms with Gasteiger partial charge in [-0.3, -0.25) is 0 Å². The zero-order valence-electron chi connectivity index (χ0n) is 8.60. The molecule has 2 N–H and O–H groups in total. The van der Waals surface area contributed by atoms with Gasteiger partial charge in [0.15, 0.2) is 0 Å². The molecule has 6 bridgehead atoms. The predicted molar refractivity (Wildman–Crippen MR) is 57.3 cm³/mol. The van der Waals surface area contributed by atoms with Crippen LogP contribution in [-0.4, -0.2) is 26.2 Å². The average Bonchev–Trinajstić information content (AvgIpc) is 2.81. The van der Waals surface area contributed by atoms with Crippen LogP contribution >= 0.6 is 15.9 Å². The minimum Gasteiger partial charge on any atom is -0.389 e. The van der Waals surface area contributed by atoms with Crippen LogP contribution in [0.15, 0.2) is 0 Å². The molecule has 0 aromatic heterocycles. The molecule has 6 aliphatic rings. The fraction of sp³-hybridized carbons (Fsp3) is 1.00. The summed E-state index contributed by atoms with van der Waals surface area (Å²) in [5.41, 5.74) is -1.15. The average molecular weight is 271 g/mol. The van der Waals surface area contributed by atoms with Crippen molar-refractivity contribution >= 4 is 15.9 Å². The zero-order valence-corrected chi connectivity index (χ0v) is 10.2. The van der Waals surface area contributed by atoms with Gasteiger partial charge in [0.1, 0.15) is 0 Å². The molecule has 0 amide bonds. The Morgan fingerprint density at radius 2 is 1.80 bits per heavy atom. The fourth-order valence-electron chi connectivity index (χ4n) is 7.06. The summed E-state index contributed by atoms with van der Waals surface area (Å²) in [5, 5.41) is 21.6. The van der Waals surface area contributed by atoms with Crippen LogP contribution in [0.5, 0.6) is 0 Å². The molecular formula is C12H15BrO2.